The van der Waals surface area contributed by atoms with Gasteiger partial charge in [-0.1, -0.05) is 35.3 Å². The predicted molar refractivity (Wildman–Crippen MR) is 124 cm³/mol. The molecule has 1 N–H and O–H groups in total. The van der Waals surface area contributed by atoms with Crippen molar-refractivity contribution >= 4 is 61.7 Å². The van der Waals surface area contributed by atoms with E-state index in [-0.39, 0.29) is 0 Å². The summed E-state index contributed by atoms with van der Waals surface area (Å²) in [6.45, 7) is 0. The Morgan fingerprint density at radius 1 is 1.00 bits per heavy atom. The summed E-state index contributed by atoms with van der Waals surface area (Å²) in [5, 5.41) is 18.1. The lowest BCUT2D eigenvalue weighted by molar-refractivity contribution is 1.21. The highest BCUT2D eigenvalue weighted by Crippen LogP contribution is 2.36. The number of nitrogens with zero attached hydrogens (tertiary/aromatic N) is 4. The average Bonchev–Trinajstić information content (AvgIpc) is 3.43. The van der Waals surface area contributed by atoms with Crippen molar-refractivity contribution in [3.8, 4) is 28.7 Å². The normalized spacial score (nSPS) is 11.0. The largest absolute Gasteiger partial charge is 0.331 e. The molecule has 5 aromatic rings. The predicted octanol–water partition coefficient (Wildman–Crippen LogP) is 7.11. The van der Waals surface area contributed by atoms with Crippen LogP contribution < -0.4 is 5.32 Å². The Kier molecular flexibility index (Phi) is 4.93. The number of thiazole rings is 2. The van der Waals surface area contributed by atoms with Gasteiger partial charge in [0.1, 0.15) is 11.4 Å². The molecule has 0 spiro atoms. The van der Waals surface area contributed by atoms with E-state index in [1.54, 1.807) is 41.7 Å². The van der Waals surface area contributed by atoms with Crippen molar-refractivity contribution < 1.29 is 0 Å². The molecule has 0 aliphatic rings. The molecule has 2 aromatic carbocycles. The number of halogens is 2. The zero-order valence-corrected chi connectivity index (χ0v) is 18.3. The summed E-state index contributed by atoms with van der Waals surface area (Å²) in [6.07, 6.45) is 1.98. The smallest absolute Gasteiger partial charge is 0.194 e. The first-order valence-corrected chi connectivity index (χ1v) is 11.3. The molecule has 0 unspecified atom stereocenters. The fraction of sp³-hybridized carbons (Fsp3) is 0. The quantitative estimate of drug-likeness (QED) is 0.305. The van der Waals surface area contributed by atoms with Crippen molar-refractivity contribution in [3.63, 3.8) is 0 Å². The Morgan fingerprint density at radius 2 is 1.77 bits per heavy atom. The van der Waals surface area contributed by atoms with E-state index in [2.05, 4.69) is 11.4 Å². The Bertz CT molecular complexity index is 1390. The highest BCUT2D eigenvalue weighted by Gasteiger charge is 2.19. The van der Waals surface area contributed by atoms with Gasteiger partial charge in [0.25, 0.3) is 0 Å². The molecule has 0 aliphatic carbocycles. The van der Waals surface area contributed by atoms with Crippen molar-refractivity contribution in [1.29, 1.82) is 5.26 Å². The summed E-state index contributed by atoms with van der Waals surface area (Å²) >= 11 is 15.2. The standard InChI is InChI=1S/C21H11Cl2N5S2/c22-14-7-15(23)9-16(8-14)25-20-26-17(11-30-20)19-18(27-21-28(19)5-6-29-21)13-3-1-12(10-24)2-4-13/h1-9,11H,(H,25,26). The van der Waals surface area contributed by atoms with E-state index in [0.29, 0.717) is 15.6 Å². The fourth-order valence-corrected chi connectivity index (χ4v) is 5.08. The van der Waals surface area contributed by atoms with E-state index in [1.807, 2.05) is 33.5 Å². The SMILES string of the molecule is N#Cc1ccc(-c2nc3sccn3c2-c2csc(Nc3cc(Cl)cc(Cl)c3)n2)cc1. The topological polar surface area (TPSA) is 66.0 Å². The number of benzene rings is 2. The highest BCUT2D eigenvalue weighted by atomic mass is 35.5. The van der Waals surface area contributed by atoms with Crippen molar-refractivity contribution in [3.05, 3.63) is 75.0 Å². The van der Waals surface area contributed by atoms with Crippen LogP contribution in [0.15, 0.2) is 59.4 Å². The zero-order valence-electron chi connectivity index (χ0n) is 15.1. The van der Waals surface area contributed by atoms with Gasteiger partial charge >= 0.3 is 0 Å². The minimum atomic E-state index is 0.556. The van der Waals surface area contributed by atoms with E-state index >= 15 is 0 Å². The molecule has 0 saturated heterocycles. The number of hydrogen-bond acceptors (Lipinski definition) is 6. The minimum absolute atomic E-state index is 0.556. The van der Waals surface area contributed by atoms with Crippen LogP contribution in [0, 0.1) is 11.3 Å². The van der Waals surface area contributed by atoms with Gasteiger partial charge in [-0.3, -0.25) is 4.40 Å². The van der Waals surface area contributed by atoms with Crippen LogP contribution in [0.25, 0.3) is 27.6 Å². The molecule has 3 aromatic heterocycles. The van der Waals surface area contributed by atoms with Crippen LogP contribution in [0.5, 0.6) is 0 Å². The molecule has 0 atom stereocenters. The van der Waals surface area contributed by atoms with Gasteiger partial charge in [0.15, 0.2) is 10.1 Å². The van der Waals surface area contributed by atoms with Crippen molar-refractivity contribution in [2.75, 3.05) is 5.32 Å². The second-order valence-electron chi connectivity index (χ2n) is 6.37. The number of aromatic nitrogens is 3. The Labute approximate surface area is 189 Å². The van der Waals surface area contributed by atoms with E-state index in [9.17, 15) is 0 Å². The molecule has 5 nitrogen and oxygen atoms in total. The van der Waals surface area contributed by atoms with Gasteiger partial charge in [-0.15, -0.1) is 22.7 Å². The summed E-state index contributed by atoms with van der Waals surface area (Å²) in [7, 11) is 0. The maximum Gasteiger partial charge on any atom is 0.194 e. The number of anilines is 2. The number of hydrogen-bond donors (Lipinski definition) is 1. The maximum absolute atomic E-state index is 9.07. The summed E-state index contributed by atoms with van der Waals surface area (Å²) < 4.78 is 2.04. The first-order valence-electron chi connectivity index (χ1n) is 8.76. The number of imidazole rings is 1. The van der Waals surface area contributed by atoms with E-state index in [4.69, 9.17) is 38.4 Å². The molecule has 0 bridgehead atoms. The molecule has 3 heterocycles. The second kappa shape index (κ2) is 7.74. The molecular weight excluding hydrogens is 457 g/mol. The number of nitriles is 1. The molecule has 0 saturated carbocycles. The summed E-state index contributed by atoms with van der Waals surface area (Å²) in [5.41, 5.74) is 4.86. The molecule has 146 valence electrons. The van der Waals surface area contributed by atoms with Crippen LogP contribution in [-0.2, 0) is 0 Å². The zero-order chi connectivity index (χ0) is 20.7. The molecule has 5 rings (SSSR count). The average molecular weight is 468 g/mol. The number of fused-ring (bicyclic) bond motifs is 1. The molecule has 0 aliphatic heterocycles. The monoisotopic (exact) mass is 467 g/mol. The molecule has 0 radical (unpaired) electrons. The Balaban J connectivity index is 1.56. The molecule has 0 amide bonds. The van der Waals surface area contributed by atoms with E-state index < -0.39 is 0 Å². The van der Waals surface area contributed by atoms with Crippen molar-refractivity contribution in [1.82, 2.24) is 14.4 Å². The van der Waals surface area contributed by atoms with Gasteiger partial charge in [0.2, 0.25) is 0 Å². The first-order chi connectivity index (χ1) is 14.6. The van der Waals surface area contributed by atoms with Gasteiger partial charge in [-0.05, 0) is 30.3 Å². The van der Waals surface area contributed by atoms with Crippen LogP contribution >= 0.6 is 45.9 Å². The summed E-state index contributed by atoms with van der Waals surface area (Å²) in [6, 6.07) is 14.8. The summed E-state index contributed by atoms with van der Waals surface area (Å²) in [4.78, 5) is 10.5. The van der Waals surface area contributed by atoms with Gasteiger partial charge in [0, 0.05) is 38.3 Å². The summed E-state index contributed by atoms with van der Waals surface area (Å²) in [5.74, 6) is 0. The molecule has 9 heteroatoms. The van der Waals surface area contributed by atoms with Crippen molar-refractivity contribution in [2.45, 2.75) is 0 Å². The van der Waals surface area contributed by atoms with Crippen LogP contribution in [0.1, 0.15) is 5.56 Å². The number of rotatable bonds is 4. The van der Waals surface area contributed by atoms with Crippen LogP contribution in [0.2, 0.25) is 10.0 Å². The maximum atomic E-state index is 9.07. The van der Waals surface area contributed by atoms with E-state index in [0.717, 1.165) is 38.4 Å². The lowest BCUT2D eigenvalue weighted by Crippen LogP contribution is -1.92. The third-order valence-corrected chi connectivity index (χ3v) is 6.36. The third kappa shape index (κ3) is 3.55. The molecule has 30 heavy (non-hydrogen) atoms. The number of nitrogens with one attached hydrogen (secondary N) is 1. The van der Waals surface area contributed by atoms with Gasteiger partial charge in [-0.2, -0.15) is 5.26 Å². The first kappa shape index (κ1) is 19.1. The highest BCUT2D eigenvalue weighted by molar-refractivity contribution is 7.15. The fourth-order valence-electron chi connectivity index (χ4n) is 3.12. The Hall–Kier alpha value is -2.89. The van der Waals surface area contributed by atoms with Gasteiger partial charge in [-0.25, -0.2) is 9.97 Å². The third-order valence-electron chi connectivity index (χ3n) is 4.41. The minimum Gasteiger partial charge on any atom is -0.331 e. The lowest BCUT2D eigenvalue weighted by atomic mass is 10.1. The van der Waals surface area contributed by atoms with Gasteiger partial charge < -0.3 is 5.32 Å². The van der Waals surface area contributed by atoms with Crippen LogP contribution in [0.4, 0.5) is 10.8 Å². The van der Waals surface area contributed by atoms with Crippen molar-refractivity contribution in [2.24, 2.45) is 0 Å². The molecular formula is C21H11Cl2N5S2. The van der Waals surface area contributed by atoms with Crippen LogP contribution in [-0.4, -0.2) is 14.4 Å². The van der Waals surface area contributed by atoms with Crippen LogP contribution in [0.3, 0.4) is 0 Å². The molecule has 0 fully saturated rings. The second-order valence-corrected chi connectivity index (χ2v) is 8.98. The Morgan fingerprint density at radius 3 is 2.50 bits per heavy atom. The van der Waals surface area contributed by atoms with E-state index in [1.165, 1.54) is 11.3 Å². The lowest BCUT2D eigenvalue weighted by Gasteiger charge is -2.04. The van der Waals surface area contributed by atoms with Gasteiger partial charge in [0.05, 0.1) is 17.3 Å².